The number of benzene rings is 7. The molecule has 0 aliphatic carbocycles. The Bertz CT molecular complexity index is 2880. The molecule has 0 saturated carbocycles. The molecule has 0 atom stereocenters. The van der Waals surface area contributed by atoms with E-state index in [-0.39, 0.29) is 0 Å². The number of hydrogen-bond donors (Lipinski definition) is 0. The molecule has 0 unspecified atom stereocenters. The molecule has 0 fully saturated rings. The van der Waals surface area contributed by atoms with Crippen LogP contribution in [0.2, 0.25) is 0 Å². The third-order valence-electron chi connectivity index (χ3n) is 9.88. The molecule has 3 aromatic heterocycles. The molecule has 10 rings (SSSR count). The van der Waals surface area contributed by atoms with Crippen molar-refractivity contribution >= 4 is 43.5 Å². The van der Waals surface area contributed by atoms with Crippen molar-refractivity contribution in [2.24, 2.45) is 0 Å². The molecule has 0 bridgehead atoms. The maximum Gasteiger partial charge on any atom is 0.160 e. The molecule has 10 aromatic rings. The average Bonchev–Trinajstić information content (AvgIpc) is 3.23. The Morgan fingerprint density at radius 2 is 0.865 bits per heavy atom. The Hall–Kier alpha value is -7.04. The van der Waals surface area contributed by atoms with Crippen molar-refractivity contribution in [2.75, 3.05) is 0 Å². The summed E-state index contributed by atoms with van der Waals surface area (Å²) >= 11 is 0. The fourth-order valence-corrected chi connectivity index (χ4v) is 7.41. The van der Waals surface area contributed by atoms with E-state index >= 15 is 0 Å². The monoisotopic (exact) mass is 662 g/mol. The molecule has 3 heterocycles. The van der Waals surface area contributed by atoms with Gasteiger partial charge in [-0.2, -0.15) is 0 Å². The van der Waals surface area contributed by atoms with Gasteiger partial charge in [-0.15, -0.1) is 0 Å². The van der Waals surface area contributed by atoms with E-state index < -0.39 is 0 Å². The van der Waals surface area contributed by atoms with Gasteiger partial charge in [0.15, 0.2) is 5.82 Å². The Morgan fingerprint density at radius 3 is 1.58 bits per heavy atom. The molecule has 0 aliphatic heterocycles. The Labute approximate surface area is 300 Å². The number of para-hydroxylation sites is 1. The molecule has 242 valence electrons. The minimum atomic E-state index is 0.697. The van der Waals surface area contributed by atoms with Gasteiger partial charge in [0.25, 0.3) is 0 Å². The second-order valence-electron chi connectivity index (χ2n) is 13.0. The molecular weight excluding hydrogens is 633 g/mol. The standard InChI is InChI=1S/C48H30N4/c1-4-14-31(15-5-1)43-30-44(52-48(51-43)34-18-8-3-9-19-34)38-28-27-37(35-20-10-11-21-36(35)38)42-29-25-33-24-26-40-45(32-16-6-2-7-17-32)39-22-12-13-23-41(39)50-47(40)46(33)49-42/h1-30H. The first-order valence-electron chi connectivity index (χ1n) is 17.5. The van der Waals surface area contributed by atoms with Gasteiger partial charge in [0.2, 0.25) is 0 Å². The van der Waals surface area contributed by atoms with Gasteiger partial charge in [-0.25, -0.2) is 19.9 Å². The van der Waals surface area contributed by atoms with Gasteiger partial charge in [-0.3, -0.25) is 0 Å². The first kappa shape index (κ1) is 29.8. The van der Waals surface area contributed by atoms with E-state index in [1.807, 2.05) is 36.4 Å². The SMILES string of the molecule is c1ccc(-c2cc(-c3ccc(-c4ccc5ccc6c(-c7ccccc7)c7ccccc7nc6c5n4)c4ccccc34)nc(-c3ccccc3)n2)cc1. The van der Waals surface area contributed by atoms with Crippen molar-refractivity contribution in [2.45, 2.75) is 0 Å². The van der Waals surface area contributed by atoms with Gasteiger partial charge in [0, 0.05) is 44.0 Å². The molecule has 0 amide bonds. The third kappa shape index (κ3) is 5.09. The average molecular weight is 663 g/mol. The predicted octanol–water partition coefficient (Wildman–Crippen LogP) is 12.2. The molecule has 0 saturated heterocycles. The van der Waals surface area contributed by atoms with Gasteiger partial charge in [0.1, 0.15) is 0 Å². The highest BCUT2D eigenvalue weighted by atomic mass is 14.9. The van der Waals surface area contributed by atoms with Crippen LogP contribution in [0.4, 0.5) is 0 Å². The van der Waals surface area contributed by atoms with E-state index in [1.165, 1.54) is 11.1 Å². The molecule has 0 N–H and O–H groups in total. The van der Waals surface area contributed by atoms with Gasteiger partial charge < -0.3 is 0 Å². The summed E-state index contributed by atoms with van der Waals surface area (Å²) in [5, 5.41) is 5.49. The summed E-state index contributed by atoms with van der Waals surface area (Å²) in [4.78, 5) is 20.8. The number of aromatic nitrogens is 4. The summed E-state index contributed by atoms with van der Waals surface area (Å²) in [6, 6.07) is 63.1. The Kier molecular flexibility index (Phi) is 7.10. The number of hydrogen-bond acceptors (Lipinski definition) is 4. The highest BCUT2D eigenvalue weighted by Crippen LogP contribution is 2.40. The van der Waals surface area contributed by atoms with E-state index in [1.54, 1.807) is 0 Å². The van der Waals surface area contributed by atoms with Crippen LogP contribution < -0.4 is 0 Å². The van der Waals surface area contributed by atoms with Crippen LogP contribution in [0.15, 0.2) is 182 Å². The van der Waals surface area contributed by atoms with E-state index in [0.29, 0.717) is 5.82 Å². The van der Waals surface area contributed by atoms with Crippen molar-refractivity contribution in [3.05, 3.63) is 182 Å². The highest BCUT2D eigenvalue weighted by molar-refractivity contribution is 6.16. The van der Waals surface area contributed by atoms with Gasteiger partial charge >= 0.3 is 0 Å². The van der Waals surface area contributed by atoms with Crippen LogP contribution in [0.25, 0.3) is 99.8 Å². The molecular formula is C48H30N4. The first-order valence-corrected chi connectivity index (χ1v) is 17.5. The summed E-state index contributed by atoms with van der Waals surface area (Å²) in [7, 11) is 0. The third-order valence-corrected chi connectivity index (χ3v) is 9.88. The lowest BCUT2D eigenvalue weighted by Crippen LogP contribution is -1.97. The number of nitrogens with zero attached hydrogens (tertiary/aromatic N) is 4. The van der Waals surface area contributed by atoms with E-state index in [0.717, 1.165) is 82.8 Å². The lowest BCUT2D eigenvalue weighted by Gasteiger charge is -2.15. The normalized spacial score (nSPS) is 11.5. The molecule has 52 heavy (non-hydrogen) atoms. The van der Waals surface area contributed by atoms with Crippen LogP contribution in [-0.4, -0.2) is 19.9 Å². The minimum absolute atomic E-state index is 0.697. The van der Waals surface area contributed by atoms with Crippen LogP contribution in [0.3, 0.4) is 0 Å². The number of rotatable bonds is 5. The predicted molar refractivity (Wildman–Crippen MR) is 215 cm³/mol. The Morgan fingerprint density at radius 1 is 0.308 bits per heavy atom. The van der Waals surface area contributed by atoms with Gasteiger partial charge in [-0.05, 0) is 34.5 Å². The van der Waals surface area contributed by atoms with Crippen molar-refractivity contribution in [1.29, 1.82) is 0 Å². The van der Waals surface area contributed by atoms with E-state index in [2.05, 4.69) is 146 Å². The minimum Gasteiger partial charge on any atom is -0.245 e. The molecule has 4 nitrogen and oxygen atoms in total. The van der Waals surface area contributed by atoms with Crippen molar-refractivity contribution in [1.82, 2.24) is 19.9 Å². The van der Waals surface area contributed by atoms with Crippen LogP contribution in [0.5, 0.6) is 0 Å². The van der Waals surface area contributed by atoms with Crippen LogP contribution >= 0.6 is 0 Å². The zero-order chi connectivity index (χ0) is 34.4. The highest BCUT2D eigenvalue weighted by Gasteiger charge is 2.18. The molecule has 4 heteroatoms. The van der Waals surface area contributed by atoms with E-state index in [4.69, 9.17) is 19.9 Å². The topological polar surface area (TPSA) is 51.6 Å². The zero-order valence-electron chi connectivity index (χ0n) is 28.1. The maximum absolute atomic E-state index is 5.39. The summed E-state index contributed by atoms with van der Waals surface area (Å²) < 4.78 is 0. The largest absolute Gasteiger partial charge is 0.245 e. The molecule has 0 radical (unpaired) electrons. The van der Waals surface area contributed by atoms with Crippen molar-refractivity contribution in [3.8, 4) is 56.3 Å². The van der Waals surface area contributed by atoms with Crippen molar-refractivity contribution < 1.29 is 0 Å². The van der Waals surface area contributed by atoms with Crippen molar-refractivity contribution in [3.63, 3.8) is 0 Å². The number of fused-ring (bicyclic) bond motifs is 5. The van der Waals surface area contributed by atoms with Crippen LogP contribution in [0, 0.1) is 0 Å². The van der Waals surface area contributed by atoms with Crippen LogP contribution in [0.1, 0.15) is 0 Å². The zero-order valence-corrected chi connectivity index (χ0v) is 28.1. The van der Waals surface area contributed by atoms with E-state index in [9.17, 15) is 0 Å². The quantitative estimate of drug-likeness (QED) is 0.136. The number of pyridine rings is 2. The fourth-order valence-electron chi connectivity index (χ4n) is 7.41. The summed E-state index contributed by atoms with van der Waals surface area (Å²) in [6.07, 6.45) is 0. The molecule has 0 spiro atoms. The lowest BCUT2D eigenvalue weighted by molar-refractivity contribution is 1.18. The summed E-state index contributed by atoms with van der Waals surface area (Å²) in [5.74, 6) is 0.697. The molecule has 7 aromatic carbocycles. The molecule has 0 aliphatic rings. The summed E-state index contributed by atoms with van der Waals surface area (Å²) in [6.45, 7) is 0. The first-order chi connectivity index (χ1) is 25.8. The Balaban J connectivity index is 1.17. The second kappa shape index (κ2) is 12.4. The smallest absolute Gasteiger partial charge is 0.160 e. The second-order valence-corrected chi connectivity index (χ2v) is 13.0. The summed E-state index contributed by atoms with van der Waals surface area (Å²) in [5.41, 5.74) is 11.9. The lowest BCUT2D eigenvalue weighted by atomic mass is 9.94. The van der Waals surface area contributed by atoms with Gasteiger partial charge in [-0.1, -0.05) is 164 Å². The maximum atomic E-state index is 5.39. The fraction of sp³-hybridized carbons (Fsp3) is 0. The van der Waals surface area contributed by atoms with Crippen LogP contribution in [-0.2, 0) is 0 Å². The van der Waals surface area contributed by atoms with Gasteiger partial charge in [0.05, 0.1) is 33.6 Å².